The Bertz CT molecular complexity index is 848. The number of hydrogen-bond donors (Lipinski definition) is 1. The first-order chi connectivity index (χ1) is 11.6. The van der Waals surface area contributed by atoms with E-state index in [1.54, 1.807) is 23.6 Å². The van der Waals surface area contributed by atoms with Crippen LogP contribution < -0.4 is 5.32 Å². The van der Waals surface area contributed by atoms with E-state index in [0.717, 1.165) is 27.6 Å². The molecule has 3 rings (SSSR count). The van der Waals surface area contributed by atoms with E-state index in [1.165, 1.54) is 0 Å². The zero-order valence-electron chi connectivity index (χ0n) is 13.1. The van der Waals surface area contributed by atoms with E-state index in [-0.39, 0.29) is 5.91 Å². The molecule has 24 heavy (non-hydrogen) atoms. The number of thiazole rings is 1. The predicted octanol–water partition coefficient (Wildman–Crippen LogP) is 4.74. The summed E-state index contributed by atoms with van der Waals surface area (Å²) in [6, 6.07) is 11.2. The highest BCUT2D eigenvalue weighted by Crippen LogP contribution is 2.23. The lowest BCUT2D eigenvalue weighted by Crippen LogP contribution is -2.13. The number of carbonyl (C=O) groups is 1. The Kier molecular flexibility index (Phi) is 5.23. The highest BCUT2D eigenvalue weighted by molar-refractivity contribution is 7.13. The summed E-state index contributed by atoms with van der Waals surface area (Å²) in [4.78, 5) is 21.0. The first kappa shape index (κ1) is 16.6. The van der Waals surface area contributed by atoms with Crippen LogP contribution in [0.15, 0.2) is 48.0 Å². The second kappa shape index (κ2) is 7.55. The molecule has 2 aromatic heterocycles. The zero-order chi connectivity index (χ0) is 16.9. The normalized spacial score (nSPS) is 10.6. The van der Waals surface area contributed by atoms with Crippen molar-refractivity contribution in [3.05, 3.63) is 64.3 Å². The minimum atomic E-state index is -0.0344. The third kappa shape index (κ3) is 4.19. The summed E-state index contributed by atoms with van der Waals surface area (Å²) >= 11 is 7.46. The lowest BCUT2D eigenvalue weighted by atomic mass is 10.2. The maximum absolute atomic E-state index is 12.1. The maximum atomic E-state index is 12.1. The highest BCUT2D eigenvalue weighted by atomic mass is 35.5. The van der Waals surface area contributed by atoms with E-state index in [2.05, 4.69) is 15.3 Å². The third-order valence-electron chi connectivity index (χ3n) is 3.51. The Morgan fingerprint density at radius 1 is 1.29 bits per heavy atom. The van der Waals surface area contributed by atoms with Crippen LogP contribution in [0.25, 0.3) is 10.7 Å². The van der Waals surface area contributed by atoms with Crippen LogP contribution in [0, 0.1) is 6.92 Å². The zero-order valence-corrected chi connectivity index (χ0v) is 14.7. The third-order valence-corrected chi connectivity index (χ3v) is 4.66. The summed E-state index contributed by atoms with van der Waals surface area (Å²) < 4.78 is 0. The van der Waals surface area contributed by atoms with E-state index < -0.39 is 0 Å². The molecule has 0 atom stereocenters. The van der Waals surface area contributed by atoms with Crippen LogP contribution >= 0.6 is 22.9 Å². The van der Waals surface area contributed by atoms with Crippen molar-refractivity contribution < 1.29 is 4.79 Å². The smallest absolute Gasteiger partial charge is 0.224 e. The Labute approximate surface area is 149 Å². The van der Waals surface area contributed by atoms with E-state index in [9.17, 15) is 4.79 Å². The molecule has 3 aromatic rings. The van der Waals surface area contributed by atoms with Gasteiger partial charge in [-0.3, -0.25) is 9.78 Å². The Balaban J connectivity index is 1.58. The number of rotatable bonds is 5. The van der Waals surface area contributed by atoms with Crippen LogP contribution in [0.1, 0.15) is 17.7 Å². The summed E-state index contributed by atoms with van der Waals surface area (Å²) in [5, 5.41) is 6.43. The van der Waals surface area contributed by atoms with Gasteiger partial charge in [-0.15, -0.1) is 11.3 Å². The van der Waals surface area contributed by atoms with E-state index in [0.29, 0.717) is 17.9 Å². The van der Waals surface area contributed by atoms with Gasteiger partial charge in [0.15, 0.2) is 0 Å². The van der Waals surface area contributed by atoms with Crippen LogP contribution in [0.5, 0.6) is 0 Å². The van der Waals surface area contributed by atoms with Gasteiger partial charge in [0.25, 0.3) is 0 Å². The number of nitrogens with one attached hydrogen (secondary N) is 1. The van der Waals surface area contributed by atoms with E-state index in [1.807, 2.05) is 42.6 Å². The Morgan fingerprint density at radius 2 is 2.17 bits per heavy atom. The molecule has 0 aliphatic heterocycles. The molecular weight excluding hydrogens is 342 g/mol. The lowest BCUT2D eigenvalue weighted by Gasteiger charge is -2.08. The van der Waals surface area contributed by atoms with Gasteiger partial charge in [-0.2, -0.15) is 0 Å². The van der Waals surface area contributed by atoms with E-state index in [4.69, 9.17) is 11.6 Å². The fourth-order valence-electron chi connectivity index (χ4n) is 2.25. The van der Waals surface area contributed by atoms with Gasteiger partial charge in [-0.1, -0.05) is 17.7 Å². The van der Waals surface area contributed by atoms with Gasteiger partial charge < -0.3 is 5.32 Å². The van der Waals surface area contributed by atoms with Crippen molar-refractivity contribution in [3.63, 3.8) is 0 Å². The molecule has 0 saturated carbocycles. The number of nitrogens with zero attached hydrogens (tertiary/aromatic N) is 2. The molecule has 0 saturated heterocycles. The minimum Gasteiger partial charge on any atom is -0.326 e. The van der Waals surface area contributed by atoms with Crippen LogP contribution in [-0.4, -0.2) is 15.9 Å². The second-order valence-electron chi connectivity index (χ2n) is 5.37. The first-order valence-corrected chi connectivity index (χ1v) is 8.79. The van der Waals surface area contributed by atoms with Gasteiger partial charge in [-0.05, 0) is 49.2 Å². The number of hydrogen-bond acceptors (Lipinski definition) is 4. The summed E-state index contributed by atoms with van der Waals surface area (Å²) in [5.74, 6) is -0.0344. The number of amides is 1. The number of aromatic nitrogens is 2. The topological polar surface area (TPSA) is 54.9 Å². The number of benzene rings is 1. The molecule has 0 radical (unpaired) electrons. The number of anilines is 1. The van der Waals surface area contributed by atoms with Crippen molar-refractivity contribution in [2.75, 3.05) is 5.32 Å². The van der Waals surface area contributed by atoms with E-state index >= 15 is 0 Å². The molecule has 6 heteroatoms. The molecule has 0 bridgehead atoms. The van der Waals surface area contributed by atoms with Crippen molar-refractivity contribution in [2.45, 2.75) is 19.8 Å². The summed E-state index contributed by atoms with van der Waals surface area (Å²) in [6.45, 7) is 1.92. The summed E-state index contributed by atoms with van der Waals surface area (Å²) in [6.07, 6.45) is 2.73. The van der Waals surface area contributed by atoms with Crippen molar-refractivity contribution in [1.29, 1.82) is 0 Å². The second-order valence-corrected chi connectivity index (χ2v) is 6.66. The fraction of sp³-hybridized carbons (Fsp3) is 0.167. The van der Waals surface area contributed by atoms with Gasteiger partial charge in [0, 0.05) is 28.7 Å². The van der Waals surface area contributed by atoms with Crippen molar-refractivity contribution in [2.24, 2.45) is 0 Å². The van der Waals surface area contributed by atoms with Gasteiger partial charge in [0.05, 0.1) is 11.4 Å². The van der Waals surface area contributed by atoms with Gasteiger partial charge in [0.2, 0.25) is 5.91 Å². The van der Waals surface area contributed by atoms with Crippen LogP contribution in [-0.2, 0) is 11.2 Å². The Hall–Kier alpha value is -2.24. The molecule has 0 unspecified atom stereocenters. The monoisotopic (exact) mass is 357 g/mol. The molecular formula is C18H16ClN3OS. The number of aryl methyl sites for hydroxylation is 2. The first-order valence-electron chi connectivity index (χ1n) is 7.53. The molecule has 1 amide bonds. The van der Waals surface area contributed by atoms with Gasteiger partial charge in [-0.25, -0.2) is 4.98 Å². The maximum Gasteiger partial charge on any atom is 0.224 e. The molecule has 2 heterocycles. The molecule has 1 aromatic carbocycles. The van der Waals surface area contributed by atoms with Gasteiger partial charge in [0.1, 0.15) is 5.01 Å². The number of pyridine rings is 1. The van der Waals surface area contributed by atoms with Crippen molar-refractivity contribution in [1.82, 2.24) is 9.97 Å². The van der Waals surface area contributed by atoms with Crippen LogP contribution in [0.2, 0.25) is 5.02 Å². The molecule has 4 nitrogen and oxygen atoms in total. The average Bonchev–Trinajstić information content (AvgIpc) is 3.05. The van der Waals surface area contributed by atoms with Crippen LogP contribution in [0.3, 0.4) is 0 Å². The Morgan fingerprint density at radius 3 is 2.92 bits per heavy atom. The lowest BCUT2D eigenvalue weighted by molar-refractivity contribution is -0.116. The molecule has 0 spiro atoms. The van der Waals surface area contributed by atoms with Crippen molar-refractivity contribution in [3.8, 4) is 10.7 Å². The van der Waals surface area contributed by atoms with Crippen molar-refractivity contribution >= 4 is 34.5 Å². The SMILES string of the molecule is Cc1cc(Cl)ccc1NC(=O)CCc1csc(-c2ccccn2)n1. The average molecular weight is 358 g/mol. The standard InChI is InChI=1S/C18H16ClN3OS/c1-12-10-13(19)5-7-15(12)22-17(23)8-6-14-11-24-18(21-14)16-4-2-3-9-20-16/h2-5,7,9-11H,6,8H2,1H3,(H,22,23). The summed E-state index contributed by atoms with van der Waals surface area (Å²) in [7, 11) is 0. The largest absolute Gasteiger partial charge is 0.326 e. The molecule has 0 fully saturated rings. The quantitative estimate of drug-likeness (QED) is 0.717. The molecule has 1 N–H and O–H groups in total. The highest BCUT2D eigenvalue weighted by Gasteiger charge is 2.09. The molecule has 0 aliphatic rings. The predicted molar refractivity (Wildman–Crippen MR) is 98.5 cm³/mol. The molecule has 0 aliphatic carbocycles. The number of carbonyl (C=O) groups excluding carboxylic acids is 1. The minimum absolute atomic E-state index is 0.0344. The van der Waals surface area contributed by atoms with Crippen LogP contribution in [0.4, 0.5) is 5.69 Å². The summed E-state index contributed by atoms with van der Waals surface area (Å²) in [5.41, 5.74) is 3.50. The number of halogens is 1. The fourth-order valence-corrected chi connectivity index (χ4v) is 3.31. The van der Waals surface area contributed by atoms with Gasteiger partial charge >= 0.3 is 0 Å². The molecule has 122 valence electrons.